The number of para-hydroxylation sites is 1. The summed E-state index contributed by atoms with van der Waals surface area (Å²) in [6.45, 7) is 8.23. The first-order valence-corrected chi connectivity index (χ1v) is 24.1. The third-order valence-corrected chi connectivity index (χ3v) is 15.8. The third-order valence-electron chi connectivity index (χ3n) is 12.8. The Labute approximate surface area is 349 Å². The number of carbonyl (C=O) groups excluding carboxylic acids is 3. The second-order valence-corrected chi connectivity index (χ2v) is 21.6. The van der Waals surface area contributed by atoms with Crippen LogP contribution in [-0.4, -0.2) is 85.4 Å². The summed E-state index contributed by atoms with van der Waals surface area (Å²) in [5.74, 6) is -0.775. The molecular weight excluding hydrogens is 815 g/mol. The highest BCUT2D eigenvalue weighted by Crippen LogP contribution is 2.60. The molecule has 3 amide bonds. The number of carbonyl (C=O) groups is 3. The molecule has 2 spiro atoms. The molecule has 58 heavy (non-hydrogen) atoms. The smallest absolute Gasteiger partial charge is 0.264 e. The molecule has 4 aliphatic heterocycles. The van der Waals surface area contributed by atoms with E-state index in [1.165, 1.54) is 0 Å². The molecule has 0 radical (unpaired) electrons. The fraction of sp³-hybridized carbons (Fsp3) is 0.400. The van der Waals surface area contributed by atoms with Crippen LogP contribution in [0.3, 0.4) is 0 Å². The van der Waals surface area contributed by atoms with Crippen molar-refractivity contribution in [2.24, 2.45) is 5.92 Å². The fourth-order valence-corrected chi connectivity index (χ4v) is 13.0. The van der Waals surface area contributed by atoms with Crippen LogP contribution in [0, 0.1) is 5.92 Å². The minimum atomic E-state index is -3.03. The number of nitrogens with zero attached hydrogens (tertiary/aromatic N) is 4. The number of benzene rings is 4. The topological polar surface area (TPSA) is 126 Å². The summed E-state index contributed by atoms with van der Waals surface area (Å²) in [7, 11) is -3.03. The van der Waals surface area contributed by atoms with Crippen molar-refractivity contribution in [3.63, 3.8) is 0 Å². The molecule has 4 atom stereocenters. The van der Waals surface area contributed by atoms with Crippen molar-refractivity contribution in [1.29, 1.82) is 0 Å². The molecule has 0 unspecified atom stereocenters. The zero-order valence-corrected chi connectivity index (χ0v) is 35.9. The van der Waals surface area contributed by atoms with Gasteiger partial charge in [-0.15, -0.1) is 0 Å². The maximum atomic E-state index is 15.1. The SMILES string of the molecule is C[C@H]1[C@H]([Si](C)(C)O)[C@@H](CC(=O)N(CCO)Cc2ccccc2)O[C@]12C(=O)N(Cc1ccc(N3CN(c4ccccc4)C4(CCNCC4)C3=O)cc1)c1ccc(Br)cc12. The Bertz CT molecular complexity index is 2150. The summed E-state index contributed by atoms with van der Waals surface area (Å²) in [6.07, 6.45) is 0.695. The van der Waals surface area contributed by atoms with E-state index in [0.717, 1.165) is 58.6 Å². The number of piperidine rings is 1. The summed E-state index contributed by atoms with van der Waals surface area (Å²) in [5.41, 5.74) is 2.63. The van der Waals surface area contributed by atoms with Crippen LogP contribution in [0.1, 0.15) is 42.9 Å². The average Bonchev–Trinajstić information content (AvgIpc) is 3.76. The van der Waals surface area contributed by atoms with Crippen molar-refractivity contribution in [3.8, 4) is 0 Å². The van der Waals surface area contributed by atoms with Gasteiger partial charge >= 0.3 is 0 Å². The minimum Gasteiger partial charge on any atom is -0.432 e. The number of amides is 3. The van der Waals surface area contributed by atoms with Gasteiger partial charge in [0.15, 0.2) is 13.9 Å². The molecular formula is C45H52BrN5O6Si. The van der Waals surface area contributed by atoms with Gasteiger partial charge in [0.05, 0.1) is 38.0 Å². The number of anilines is 3. The lowest BCUT2D eigenvalue weighted by molar-refractivity contribution is -0.150. The third kappa shape index (κ3) is 7.09. The van der Waals surface area contributed by atoms with E-state index in [2.05, 4.69) is 38.3 Å². The summed E-state index contributed by atoms with van der Waals surface area (Å²) in [6, 6.07) is 33.4. The van der Waals surface area contributed by atoms with Crippen LogP contribution in [0.4, 0.5) is 17.1 Å². The summed E-state index contributed by atoms with van der Waals surface area (Å²) >= 11 is 3.64. The number of nitrogens with one attached hydrogen (secondary N) is 1. The first kappa shape index (κ1) is 40.4. The highest BCUT2D eigenvalue weighted by atomic mass is 79.9. The molecule has 11 nitrogen and oxygen atoms in total. The molecule has 3 fully saturated rings. The van der Waals surface area contributed by atoms with Gasteiger partial charge in [-0.05, 0) is 92.6 Å². The average molecular weight is 867 g/mol. The normalized spacial score (nSPS) is 24.0. The maximum absolute atomic E-state index is 15.1. The second-order valence-electron chi connectivity index (χ2n) is 16.7. The standard InChI is InChI=1S/C45H52BrN5O6Si/c1-31-41(58(2,3)56)39(27-40(53)48(24-25-52)28-32-10-6-4-7-11-32)57-45(31)37-26-34(46)16-19-38(37)49(43(45)55)29-33-14-17-35(18-15-33)50-30-51(36-12-8-5-9-13-36)44(42(50)54)20-22-47-23-21-44/h4-19,26,31,39,41,47,52,56H,20-25,27-30H2,1-3H3/t31-,39+,41-,45+/m0/s1. The van der Waals surface area contributed by atoms with Gasteiger partial charge < -0.3 is 34.7 Å². The molecule has 0 saturated carbocycles. The quantitative estimate of drug-likeness (QED) is 0.154. The summed E-state index contributed by atoms with van der Waals surface area (Å²) < 4.78 is 7.76. The van der Waals surface area contributed by atoms with Gasteiger partial charge in [-0.2, -0.15) is 0 Å². The number of aliphatic hydroxyl groups is 1. The Kier molecular flexibility index (Phi) is 11.1. The molecule has 4 aromatic rings. The molecule has 0 aliphatic carbocycles. The number of rotatable bonds is 11. The van der Waals surface area contributed by atoms with Crippen LogP contribution in [0.2, 0.25) is 18.6 Å². The van der Waals surface area contributed by atoms with Crippen LogP contribution in [0.15, 0.2) is 108 Å². The van der Waals surface area contributed by atoms with Gasteiger partial charge in [0.2, 0.25) is 5.91 Å². The van der Waals surface area contributed by atoms with Crippen LogP contribution in [0.25, 0.3) is 0 Å². The second kappa shape index (κ2) is 16.0. The monoisotopic (exact) mass is 865 g/mol. The Balaban J connectivity index is 1.06. The molecule has 8 rings (SSSR count). The highest BCUT2D eigenvalue weighted by Gasteiger charge is 2.66. The van der Waals surface area contributed by atoms with E-state index < -0.39 is 37.0 Å². The van der Waals surface area contributed by atoms with Gasteiger partial charge in [0.25, 0.3) is 11.8 Å². The molecule has 0 bridgehead atoms. The number of hydrogen-bond acceptors (Lipinski definition) is 8. The van der Waals surface area contributed by atoms with Gasteiger partial charge in [0, 0.05) is 46.0 Å². The molecule has 4 aromatic carbocycles. The zero-order chi connectivity index (χ0) is 40.8. The van der Waals surface area contributed by atoms with Gasteiger partial charge in [-0.1, -0.05) is 83.5 Å². The number of fused-ring (bicyclic) bond motifs is 2. The van der Waals surface area contributed by atoms with Crippen LogP contribution in [0.5, 0.6) is 0 Å². The molecule has 13 heteroatoms. The number of halogens is 1. The molecule has 3 N–H and O–H groups in total. The lowest BCUT2D eigenvalue weighted by Crippen LogP contribution is -2.55. The van der Waals surface area contributed by atoms with Crippen LogP contribution in [-0.2, 0) is 37.8 Å². The largest absolute Gasteiger partial charge is 0.432 e. The minimum absolute atomic E-state index is 0.0343. The van der Waals surface area contributed by atoms with E-state index >= 15 is 4.79 Å². The van der Waals surface area contributed by atoms with Crippen molar-refractivity contribution in [2.45, 2.75) is 75.2 Å². The van der Waals surface area contributed by atoms with Gasteiger partial charge in [-0.25, -0.2) is 0 Å². The molecule has 4 aliphatic rings. The summed E-state index contributed by atoms with van der Waals surface area (Å²) in [5, 5.41) is 13.3. The van der Waals surface area contributed by atoms with Crippen molar-refractivity contribution in [2.75, 3.05) is 47.6 Å². The van der Waals surface area contributed by atoms with Crippen molar-refractivity contribution >= 4 is 59.0 Å². The van der Waals surface area contributed by atoms with Crippen molar-refractivity contribution in [1.82, 2.24) is 10.2 Å². The van der Waals surface area contributed by atoms with Crippen molar-refractivity contribution < 1.29 is 29.0 Å². The fourth-order valence-electron chi connectivity index (χ4n) is 10.1. The lowest BCUT2D eigenvalue weighted by atomic mass is 9.82. The molecule has 3 saturated heterocycles. The van der Waals surface area contributed by atoms with Crippen molar-refractivity contribution in [3.05, 3.63) is 124 Å². The first-order chi connectivity index (χ1) is 27.9. The number of aliphatic hydroxyl groups excluding tert-OH is 1. The Morgan fingerprint density at radius 1 is 0.914 bits per heavy atom. The predicted octanol–water partition coefficient (Wildman–Crippen LogP) is 6.14. The van der Waals surface area contributed by atoms with E-state index in [9.17, 15) is 19.5 Å². The maximum Gasteiger partial charge on any atom is 0.264 e. The Hall–Kier alpha value is -4.37. The molecule has 4 heterocycles. The van der Waals surface area contributed by atoms with E-state index in [-0.39, 0.29) is 43.8 Å². The Morgan fingerprint density at radius 3 is 2.24 bits per heavy atom. The van der Waals surface area contributed by atoms with E-state index in [4.69, 9.17) is 4.74 Å². The van der Waals surface area contributed by atoms with E-state index in [1.54, 1.807) is 9.80 Å². The number of hydrogen-bond donors (Lipinski definition) is 3. The highest BCUT2D eigenvalue weighted by molar-refractivity contribution is 9.10. The predicted molar refractivity (Wildman–Crippen MR) is 231 cm³/mol. The van der Waals surface area contributed by atoms with Gasteiger partial charge in [0.1, 0.15) is 5.54 Å². The lowest BCUT2D eigenvalue weighted by Gasteiger charge is -2.39. The molecule has 304 valence electrons. The van der Waals surface area contributed by atoms with Crippen LogP contribution < -0.4 is 20.0 Å². The van der Waals surface area contributed by atoms with Gasteiger partial charge in [-0.3, -0.25) is 19.3 Å². The van der Waals surface area contributed by atoms with E-state index in [0.29, 0.717) is 18.8 Å². The molecule has 0 aromatic heterocycles. The van der Waals surface area contributed by atoms with Crippen LogP contribution >= 0.6 is 15.9 Å². The zero-order valence-electron chi connectivity index (χ0n) is 33.3. The number of ether oxygens (including phenoxy) is 1. The Morgan fingerprint density at radius 2 is 1.59 bits per heavy atom. The first-order valence-electron chi connectivity index (χ1n) is 20.3. The van der Waals surface area contributed by atoms with E-state index in [1.807, 2.05) is 116 Å². The summed E-state index contributed by atoms with van der Waals surface area (Å²) in [4.78, 5) is 62.7.